The Labute approximate surface area is 75.5 Å². The van der Waals surface area contributed by atoms with Crippen LogP contribution in [0.1, 0.15) is 5.56 Å². The van der Waals surface area contributed by atoms with Crippen molar-refractivity contribution in [3.05, 3.63) is 35.9 Å². The molecule has 1 aliphatic rings. The third-order valence-corrected chi connectivity index (χ3v) is 1.85. The molecule has 2 rings (SSSR count). The third-order valence-electron chi connectivity index (χ3n) is 1.64. The normalized spacial score (nSPS) is 14.2. The highest BCUT2D eigenvalue weighted by Crippen LogP contribution is 2.18. The van der Waals surface area contributed by atoms with Gasteiger partial charge in [-0.15, -0.1) is 0 Å². The Hall–Kier alpha value is -1.28. The monoisotopic (exact) mass is 178 g/mol. The molecule has 0 spiro atoms. The van der Waals surface area contributed by atoms with Gasteiger partial charge in [0.25, 0.3) is 0 Å². The van der Waals surface area contributed by atoms with Crippen molar-refractivity contribution in [2.24, 2.45) is 5.10 Å². The van der Waals surface area contributed by atoms with Crippen molar-refractivity contribution < 1.29 is 0 Å². The molecule has 0 aliphatic carbocycles. The molecule has 2 nitrogen and oxygen atoms in total. The second-order valence-corrected chi connectivity index (χ2v) is 2.85. The van der Waals surface area contributed by atoms with Crippen LogP contribution < -0.4 is 5.43 Å². The average Bonchev–Trinajstić information content (AvgIpc) is 2.29. The van der Waals surface area contributed by atoms with E-state index in [2.05, 4.69) is 10.5 Å². The van der Waals surface area contributed by atoms with E-state index in [0.29, 0.717) is 5.17 Å². The number of nitrogens with zero attached hydrogens (tertiary/aromatic N) is 1. The number of allylic oxidation sites excluding steroid dienone is 1. The highest BCUT2D eigenvalue weighted by atomic mass is 35.5. The van der Waals surface area contributed by atoms with Crippen molar-refractivity contribution in [3.8, 4) is 0 Å². The topological polar surface area (TPSA) is 24.4 Å². The zero-order valence-corrected chi connectivity index (χ0v) is 7.05. The van der Waals surface area contributed by atoms with Gasteiger partial charge in [-0.25, -0.2) is 0 Å². The maximum Gasteiger partial charge on any atom is 0.149 e. The Morgan fingerprint density at radius 1 is 1.17 bits per heavy atom. The number of hydrazone groups is 1. The summed E-state index contributed by atoms with van der Waals surface area (Å²) in [5, 5.41) is 4.37. The molecule has 0 radical (unpaired) electrons. The highest BCUT2D eigenvalue weighted by molar-refractivity contribution is 6.68. The van der Waals surface area contributed by atoms with Gasteiger partial charge < -0.3 is 0 Å². The van der Waals surface area contributed by atoms with E-state index in [1.54, 1.807) is 6.08 Å². The van der Waals surface area contributed by atoms with Crippen molar-refractivity contribution in [1.29, 1.82) is 0 Å². The molecule has 60 valence electrons. The Bertz CT molecular complexity index is 355. The van der Waals surface area contributed by atoms with Gasteiger partial charge >= 0.3 is 0 Å². The minimum atomic E-state index is 0.464. The van der Waals surface area contributed by atoms with Gasteiger partial charge in [0.05, 0.1) is 5.69 Å². The summed E-state index contributed by atoms with van der Waals surface area (Å²) in [6, 6.07) is 7.89. The van der Waals surface area contributed by atoms with E-state index in [1.165, 1.54) is 0 Å². The molecule has 0 fully saturated rings. The van der Waals surface area contributed by atoms with Crippen LogP contribution in [0.4, 0.5) is 5.69 Å². The van der Waals surface area contributed by atoms with Gasteiger partial charge in [0.1, 0.15) is 5.17 Å². The predicted molar refractivity (Wildman–Crippen MR) is 52.4 cm³/mol. The number of nitrogens with one attached hydrogen (secondary N) is 1. The lowest BCUT2D eigenvalue weighted by Gasteiger charge is -2.01. The maximum atomic E-state index is 5.71. The lowest BCUT2D eigenvalue weighted by molar-refractivity contribution is 1.35. The smallest absolute Gasteiger partial charge is 0.149 e. The SMILES string of the molecule is ClC1=NNc2ccccc2C=C1. The van der Waals surface area contributed by atoms with Crippen molar-refractivity contribution in [3.63, 3.8) is 0 Å². The first-order chi connectivity index (χ1) is 5.86. The van der Waals surface area contributed by atoms with Gasteiger partial charge in [-0.1, -0.05) is 29.8 Å². The molecule has 0 atom stereocenters. The van der Waals surface area contributed by atoms with Crippen LogP contribution in [0.25, 0.3) is 6.08 Å². The van der Waals surface area contributed by atoms with E-state index in [9.17, 15) is 0 Å². The fourth-order valence-corrected chi connectivity index (χ4v) is 1.16. The van der Waals surface area contributed by atoms with Gasteiger partial charge in [-0.05, 0) is 23.8 Å². The number of rotatable bonds is 0. The molecule has 0 saturated heterocycles. The quantitative estimate of drug-likeness (QED) is 0.649. The molecule has 0 aromatic heterocycles. The highest BCUT2D eigenvalue weighted by Gasteiger charge is 2.00. The van der Waals surface area contributed by atoms with Crippen LogP contribution in [-0.2, 0) is 0 Å². The molecule has 1 aromatic rings. The Kier molecular flexibility index (Phi) is 1.84. The molecular formula is C9H7ClN2. The number of benzene rings is 1. The molecule has 1 heterocycles. The summed E-state index contributed by atoms with van der Waals surface area (Å²) in [4.78, 5) is 0. The summed E-state index contributed by atoms with van der Waals surface area (Å²) in [5.74, 6) is 0. The molecule has 0 amide bonds. The number of hydrogen-bond acceptors (Lipinski definition) is 2. The van der Waals surface area contributed by atoms with Gasteiger partial charge in [0.15, 0.2) is 0 Å². The summed E-state index contributed by atoms with van der Waals surface area (Å²) >= 11 is 5.71. The molecule has 1 aliphatic heterocycles. The average molecular weight is 179 g/mol. The molecule has 0 unspecified atom stereocenters. The van der Waals surface area contributed by atoms with E-state index in [0.717, 1.165) is 11.3 Å². The van der Waals surface area contributed by atoms with Crippen LogP contribution in [0.15, 0.2) is 35.4 Å². The molecular weight excluding hydrogens is 172 g/mol. The Morgan fingerprint density at radius 3 is 2.92 bits per heavy atom. The molecule has 1 N–H and O–H groups in total. The van der Waals surface area contributed by atoms with Gasteiger partial charge in [-0.2, -0.15) is 5.10 Å². The van der Waals surface area contributed by atoms with Crippen LogP contribution in [0, 0.1) is 0 Å². The van der Waals surface area contributed by atoms with Gasteiger partial charge in [0, 0.05) is 0 Å². The Morgan fingerprint density at radius 2 is 2.00 bits per heavy atom. The number of anilines is 1. The standard InChI is InChI=1S/C9H7ClN2/c10-9-6-5-7-3-1-2-4-8(7)11-12-9/h1-6,11H. The van der Waals surface area contributed by atoms with Crippen LogP contribution in [0.5, 0.6) is 0 Å². The first-order valence-corrected chi connectivity index (χ1v) is 4.00. The summed E-state index contributed by atoms with van der Waals surface area (Å²) in [6.45, 7) is 0. The van der Waals surface area contributed by atoms with Crippen LogP contribution in [0.3, 0.4) is 0 Å². The van der Waals surface area contributed by atoms with Crippen LogP contribution >= 0.6 is 11.6 Å². The molecule has 3 heteroatoms. The van der Waals surface area contributed by atoms with E-state index < -0.39 is 0 Å². The second kappa shape index (κ2) is 2.99. The lowest BCUT2D eigenvalue weighted by atomic mass is 10.2. The summed E-state index contributed by atoms with van der Waals surface area (Å²) < 4.78 is 0. The van der Waals surface area contributed by atoms with Crippen molar-refractivity contribution in [2.75, 3.05) is 5.43 Å². The summed E-state index contributed by atoms with van der Waals surface area (Å²) in [7, 11) is 0. The maximum absolute atomic E-state index is 5.71. The largest absolute Gasteiger partial charge is 0.276 e. The molecule has 0 saturated carbocycles. The number of fused-ring (bicyclic) bond motifs is 1. The minimum absolute atomic E-state index is 0.464. The Balaban J connectivity index is 2.48. The van der Waals surface area contributed by atoms with Crippen LogP contribution in [-0.4, -0.2) is 5.17 Å². The minimum Gasteiger partial charge on any atom is -0.276 e. The van der Waals surface area contributed by atoms with E-state index in [-0.39, 0.29) is 0 Å². The van der Waals surface area contributed by atoms with Crippen molar-refractivity contribution in [1.82, 2.24) is 0 Å². The third kappa shape index (κ3) is 1.34. The van der Waals surface area contributed by atoms with Gasteiger partial charge in [0.2, 0.25) is 0 Å². The number of halogens is 1. The number of hydrogen-bond donors (Lipinski definition) is 1. The molecule has 1 aromatic carbocycles. The lowest BCUT2D eigenvalue weighted by Crippen LogP contribution is -1.90. The predicted octanol–water partition coefficient (Wildman–Crippen LogP) is 2.68. The van der Waals surface area contributed by atoms with Crippen molar-refractivity contribution in [2.45, 2.75) is 0 Å². The second-order valence-electron chi connectivity index (χ2n) is 2.47. The zero-order valence-electron chi connectivity index (χ0n) is 6.29. The van der Waals surface area contributed by atoms with Crippen molar-refractivity contribution >= 4 is 28.5 Å². The van der Waals surface area contributed by atoms with E-state index in [1.807, 2.05) is 30.3 Å². The first kappa shape index (κ1) is 7.37. The van der Waals surface area contributed by atoms with E-state index >= 15 is 0 Å². The summed E-state index contributed by atoms with van der Waals surface area (Å²) in [5.41, 5.74) is 4.94. The van der Waals surface area contributed by atoms with Gasteiger partial charge in [-0.3, -0.25) is 5.43 Å². The first-order valence-electron chi connectivity index (χ1n) is 3.62. The van der Waals surface area contributed by atoms with E-state index in [4.69, 9.17) is 11.6 Å². The van der Waals surface area contributed by atoms with Crippen LogP contribution in [0.2, 0.25) is 0 Å². The fourth-order valence-electron chi connectivity index (χ4n) is 1.05. The summed E-state index contributed by atoms with van der Waals surface area (Å²) in [6.07, 6.45) is 3.70. The fraction of sp³-hybridized carbons (Fsp3) is 0. The number of para-hydroxylation sites is 1. The molecule has 0 bridgehead atoms. The molecule has 12 heavy (non-hydrogen) atoms. The zero-order chi connectivity index (χ0) is 8.39.